The van der Waals surface area contributed by atoms with Crippen molar-refractivity contribution in [3.05, 3.63) is 47.8 Å². The molecule has 1 nitrogen and oxygen atoms in total. The molecule has 0 fully saturated rings. The van der Waals surface area contributed by atoms with E-state index in [4.69, 9.17) is 11.6 Å². The topological polar surface area (TPSA) is 3.24 Å². The zero-order valence-electron chi connectivity index (χ0n) is 8.52. The zero-order chi connectivity index (χ0) is 10.6. The van der Waals surface area contributed by atoms with Gasteiger partial charge in [0.2, 0.25) is 0 Å². The van der Waals surface area contributed by atoms with Crippen LogP contribution >= 0.6 is 11.6 Å². The van der Waals surface area contributed by atoms with Crippen LogP contribution in [0, 0.1) is 0 Å². The van der Waals surface area contributed by atoms with E-state index in [2.05, 4.69) is 19.7 Å². The zero-order valence-corrected chi connectivity index (χ0v) is 9.28. The first-order valence-corrected chi connectivity index (χ1v) is 4.37. The highest BCUT2D eigenvalue weighted by Crippen LogP contribution is 2.23. The Morgan fingerprint density at radius 3 is 2.00 bits per heavy atom. The lowest BCUT2D eigenvalue weighted by atomic mass is 10.2. The predicted octanol–water partition coefficient (Wildman–Crippen LogP) is 3.66. The molecule has 0 saturated heterocycles. The van der Waals surface area contributed by atoms with Crippen LogP contribution in [0.15, 0.2) is 47.8 Å². The number of likely N-dealkylation sites (N-methyl/N-ethyl adjacent to an activating group) is 1. The SMILES string of the molecule is C=C/C(C)=C(\C(=C)Cl)N(C)C(=C)C. The van der Waals surface area contributed by atoms with Gasteiger partial charge >= 0.3 is 0 Å². The quantitative estimate of drug-likeness (QED) is 0.622. The maximum Gasteiger partial charge on any atom is 0.0618 e. The molecule has 0 aromatic carbocycles. The van der Waals surface area contributed by atoms with E-state index < -0.39 is 0 Å². The Labute approximate surface area is 85.7 Å². The van der Waals surface area contributed by atoms with Gasteiger partial charge in [0, 0.05) is 12.7 Å². The summed E-state index contributed by atoms with van der Waals surface area (Å²) < 4.78 is 0. The van der Waals surface area contributed by atoms with Gasteiger partial charge in [-0.1, -0.05) is 37.4 Å². The van der Waals surface area contributed by atoms with Crippen molar-refractivity contribution in [1.82, 2.24) is 4.90 Å². The molecule has 2 heteroatoms. The molecule has 0 aromatic rings. The van der Waals surface area contributed by atoms with Crippen molar-refractivity contribution in [2.24, 2.45) is 0 Å². The van der Waals surface area contributed by atoms with Gasteiger partial charge in [0.05, 0.1) is 10.7 Å². The molecule has 0 aliphatic heterocycles. The minimum atomic E-state index is 0.503. The number of rotatable bonds is 4. The Balaban J connectivity index is 5.16. The molecule has 13 heavy (non-hydrogen) atoms. The molecule has 0 aliphatic rings. The summed E-state index contributed by atoms with van der Waals surface area (Å²) >= 11 is 5.87. The molecule has 0 saturated carbocycles. The Bertz CT molecular complexity index is 274. The second kappa shape index (κ2) is 4.93. The van der Waals surface area contributed by atoms with Gasteiger partial charge in [0.1, 0.15) is 0 Å². The smallest absolute Gasteiger partial charge is 0.0618 e. The fourth-order valence-electron chi connectivity index (χ4n) is 0.948. The normalized spacial score (nSPS) is 11.7. The lowest BCUT2D eigenvalue weighted by Crippen LogP contribution is -2.16. The number of nitrogens with zero attached hydrogens (tertiary/aromatic N) is 1. The maximum absolute atomic E-state index is 5.87. The Morgan fingerprint density at radius 1 is 1.31 bits per heavy atom. The molecule has 0 bridgehead atoms. The van der Waals surface area contributed by atoms with Crippen molar-refractivity contribution < 1.29 is 0 Å². The largest absolute Gasteiger partial charge is 0.348 e. The van der Waals surface area contributed by atoms with Crippen molar-refractivity contribution in [3.63, 3.8) is 0 Å². The number of hydrogen-bond donors (Lipinski definition) is 0. The molecule has 72 valence electrons. The molecule has 0 unspecified atom stereocenters. The van der Waals surface area contributed by atoms with Crippen LogP contribution in [0.1, 0.15) is 13.8 Å². The summed E-state index contributed by atoms with van der Waals surface area (Å²) in [5, 5.41) is 0.503. The maximum atomic E-state index is 5.87. The first-order chi connectivity index (χ1) is 5.91. The van der Waals surface area contributed by atoms with Crippen LogP contribution in [0.5, 0.6) is 0 Å². The molecule has 0 N–H and O–H groups in total. The van der Waals surface area contributed by atoms with Gasteiger partial charge in [-0.25, -0.2) is 0 Å². The average Bonchev–Trinajstić information content (AvgIpc) is 2.03. The monoisotopic (exact) mass is 197 g/mol. The standard InChI is InChI=1S/C11H16ClN/c1-7-9(4)11(10(5)12)13(6)8(2)3/h7H,1-2,5H2,3-4,6H3/b11-9+. The molecule has 0 rings (SSSR count). The second-order valence-corrected chi connectivity index (χ2v) is 3.39. The fourth-order valence-corrected chi connectivity index (χ4v) is 1.22. The van der Waals surface area contributed by atoms with E-state index in [9.17, 15) is 0 Å². The number of allylic oxidation sites excluding steroid dienone is 4. The Kier molecular flexibility index (Phi) is 4.57. The first-order valence-electron chi connectivity index (χ1n) is 3.99. The highest BCUT2D eigenvalue weighted by atomic mass is 35.5. The minimum Gasteiger partial charge on any atom is -0.348 e. The van der Waals surface area contributed by atoms with Gasteiger partial charge in [-0.05, 0) is 19.4 Å². The van der Waals surface area contributed by atoms with E-state index in [-0.39, 0.29) is 0 Å². The van der Waals surface area contributed by atoms with Gasteiger partial charge in [-0.15, -0.1) is 0 Å². The molecule has 0 heterocycles. The van der Waals surface area contributed by atoms with Crippen LogP contribution in [-0.2, 0) is 0 Å². The summed E-state index contributed by atoms with van der Waals surface area (Å²) in [5.74, 6) is 0. The van der Waals surface area contributed by atoms with E-state index in [1.54, 1.807) is 6.08 Å². The third kappa shape index (κ3) is 3.11. The Hall–Kier alpha value is -0.950. The van der Waals surface area contributed by atoms with Crippen molar-refractivity contribution in [2.75, 3.05) is 7.05 Å². The molecule has 0 aromatic heterocycles. The van der Waals surface area contributed by atoms with Gasteiger partial charge in [-0.2, -0.15) is 0 Å². The van der Waals surface area contributed by atoms with Crippen molar-refractivity contribution >= 4 is 11.6 Å². The van der Waals surface area contributed by atoms with Gasteiger partial charge < -0.3 is 4.90 Å². The third-order valence-corrected chi connectivity index (χ3v) is 2.02. The molecule has 0 atom stereocenters. The predicted molar refractivity (Wildman–Crippen MR) is 60.5 cm³/mol. The number of hydrogen-bond acceptors (Lipinski definition) is 1. The van der Waals surface area contributed by atoms with Crippen molar-refractivity contribution in [3.8, 4) is 0 Å². The summed E-state index contributed by atoms with van der Waals surface area (Å²) in [4.78, 5) is 1.90. The van der Waals surface area contributed by atoms with Gasteiger partial charge in [0.25, 0.3) is 0 Å². The lowest BCUT2D eigenvalue weighted by molar-refractivity contribution is 0.533. The van der Waals surface area contributed by atoms with E-state index in [1.165, 1.54) is 0 Å². The van der Waals surface area contributed by atoms with Crippen LogP contribution in [0.2, 0.25) is 0 Å². The number of halogens is 1. The van der Waals surface area contributed by atoms with Crippen LogP contribution in [0.25, 0.3) is 0 Å². The summed E-state index contributed by atoms with van der Waals surface area (Å²) in [7, 11) is 1.90. The first kappa shape index (κ1) is 12.0. The second-order valence-electron chi connectivity index (χ2n) is 2.93. The summed E-state index contributed by atoms with van der Waals surface area (Å²) in [6.07, 6.45) is 1.75. The Morgan fingerprint density at radius 2 is 1.77 bits per heavy atom. The van der Waals surface area contributed by atoms with Crippen LogP contribution in [0.3, 0.4) is 0 Å². The third-order valence-electron chi connectivity index (χ3n) is 1.84. The van der Waals surface area contributed by atoms with Crippen molar-refractivity contribution in [2.45, 2.75) is 13.8 Å². The molecular weight excluding hydrogens is 182 g/mol. The van der Waals surface area contributed by atoms with Crippen molar-refractivity contribution in [1.29, 1.82) is 0 Å². The van der Waals surface area contributed by atoms with Crippen LogP contribution < -0.4 is 0 Å². The molecule has 0 radical (unpaired) electrons. The van der Waals surface area contributed by atoms with Crippen LogP contribution in [0.4, 0.5) is 0 Å². The van der Waals surface area contributed by atoms with Gasteiger partial charge in [0.15, 0.2) is 0 Å². The molecular formula is C11H16ClN. The summed E-state index contributed by atoms with van der Waals surface area (Å²) in [6, 6.07) is 0. The molecule has 0 spiro atoms. The molecule has 0 aliphatic carbocycles. The van der Waals surface area contributed by atoms with Crippen LogP contribution in [-0.4, -0.2) is 11.9 Å². The lowest BCUT2D eigenvalue weighted by Gasteiger charge is -2.23. The minimum absolute atomic E-state index is 0.503. The fraction of sp³-hybridized carbons (Fsp3) is 0.273. The van der Waals surface area contributed by atoms with E-state index in [0.29, 0.717) is 5.03 Å². The molecule has 0 amide bonds. The highest BCUT2D eigenvalue weighted by Gasteiger charge is 2.09. The van der Waals surface area contributed by atoms with Gasteiger partial charge in [-0.3, -0.25) is 0 Å². The summed E-state index contributed by atoms with van der Waals surface area (Å²) in [6.45, 7) is 15.1. The van der Waals surface area contributed by atoms with E-state index in [0.717, 1.165) is 17.0 Å². The van der Waals surface area contributed by atoms with E-state index in [1.807, 2.05) is 25.8 Å². The average molecular weight is 198 g/mol. The summed E-state index contributed by atoms with van der Waals surface area (Å²) in [5.41, 5.74) is 2.77. The highest BCUT2D eigenvalue weighted by molar-refractivity contribution is 6.31. The van der Waals surface area contributed by atoms with E-state index >= 15 is 0 Å².